The van der Waals surface area contributed by atoms with E-state index in [0.717, 1.165) is 58.2 Å². The lowest BCUT2D eigenvalue weighted by Gasteiger charge is -2.34. The zero-order valence-corrected chi connectivity index (χ0v) is 15.4. The summed E-state index contributed by atoms with van der Waals surface area (Å²) in [7, 11) is 0. The molecule has 1 N–H and O–H groups in total. The number of aryl methyl sites for hydroxylation is 1. The fourth-order valence-electron chi connectivity index (χ4n) is 3.71. The van der Waals surface area contributed by atoms with Crippen LogP contribution >= 0.6 is 0 Å². The molecule has 138 valence electrons. The molecule has 1 aromatic rings. The van der Waals surface area contributed by atoms with Crippen LogP contribution in [0.4, 0.5) is 4.79 Å². The average molecular weight is 345 g/mol. The van der Waals surface area contributed by atoms with Crippen molar-refractivity contribution in [1.29, 1.82) is 0 Å². The van der Waals surface area contributed by atoms with Gasteiger partial charge in [0.2, 0.25) is 0 Å². The minimum Gasteiger partial charge on any atom is -0.379 e. The van der Waals surface area contributed by atoms with Crippen molar-refractivity contribution in [3.05, 3.63) is 35.4 Å². The maximum absolute atomic E-state index is 12.4. The molecular formula is C20H31N3O2. The van der Waals surface area contributed by atoms with Gasteiger partial charge in [-0.3, -0.25) is 4.90 Å². The first-order valence-corrected chi connectivity index (χ1v) is 9.60. The van der Waals surface area contributed by atoms with Gasteiger partial charge in [-0.25, -0.2) is 4.79 Å². The van der Waals surface area contributed by atoms with Crippen LogP contribution in [0.1, 0.15) is 30.4 Å². The smallest absolute Gasteiger partial charge is 0.317 e. The van der Waals surface area contributed by atoms with Crippen LogP contribution in [0, 0.1) is 12.8 Å². The van der Waals surface area contributed by atoms with Crippen molar-refractivity contribution < 1.29 is 9.53 Å². The highest BCUT2D eigenvalue weighted by molar-refractivity contribution is 5.74. The Morgan fingerprint density at radius 1 is 1.16 bits per heavy atom. The molecule has 0 saturated carbocycles. The molecule has 0 radical (unpaired) electrons. The molecule has 5 nitrogen and oxygen atoms in total. The first-order valence-electron chi connectivity index (χ1n) is 9.60. The van der Waals surface area contributed by atoms with Crippen molar-refractivity contribution in [2.24, 2.45) is 5.92 Å². The van der Waals surface area contributed by atoms with Gasteiger partial charge in [0, 0.05) is 32.7 Å². The Morgan fingerprint density at radius 3 is 2.60 bits per heavy atom. The molecular weight excluding hydrogens is 314 g/mol. The molecule has 0 unspecified atom stereocenters. The maximum Gasteiger partial charge on any atom is 0.317 e. The van der Waals surface area contributed by atoms with Gasteiger partial charge >= 0.3 is 6.03 Å². The third-order valence-corrected chi connectivity index (χ3v) is 5.55. The molecule has 3 rings (SSSR count). The van der Waals surface area contributed by atoms with Crippen molar-refractivity contribution in [3.8, 4) is 0 Å². The highest BCUT2D eigenvalue weighted by atomic mass is 16.5. The van der Waals surface area contributed by atoms with Gasteiger partial charge in [0.15, 0.2) is 0 Å². The zero-order valence-electron chi connectivity index (χ0n) is 15.4. The van der Waals surface area contributed by atoms with Crippen LogP contribution in [0.3, 0.4) is 0 Å². The summed E-state index contributed by atoms with van der Waals surface area (Å²) in [5.74, 6) is 0.753. The number of likely N-dealkylation sites (tertiary alicyclic amines) is 1. The van der Waals surface area contributed by atoms with Gasteiger partial charge in [0.05, 0.1) is 13.2 Å². The van der Waals surface area contributed by atoms with Crippen LogP contribution in [0.15, 0.2) is 24.3 Å². The van der Waals surface area contributed by atoms with Gasteiger partial charge in [-0.15, -0.1) is 0 Å². The summed E-state index contributed by atoms with van der Waals surface area (Å²) in [6, 6.07) is 8.29. The number of amides is 2. The number of piperidine rings is 1. The molecule has 0 bridgehead atoms. The largest absolute Gasteiger partial charge is 0.379 e. The summed E-state index contributed by atoms with van der Waals surface area (Å²) in [5.41, 5.74) is 2.42. The highest BCUT2D eigenvalue weighted by Gasteiger charge is 2.23. The lowest BCUT2D eigenvalue weighted by Crippen LogP contribution is -2.45. The molecule has 5 heteroatoms. The van der Waals surface area contributed by atoms with E-state index in [1.54, 1.807) is 0 Å². The second kappa shape index (κ2) is 9.20. The van der Waals surface area contributed by atoms with E-state index in [2.05, 4.69) is 29.3 Å². The molecule has 0 aromatic heterocycles. The Balaban J connectivity index is 1.35. The second-order valence-electron chi connectivity index (χ2n) is 7.26. The summed E-state index contributed by atoms with van der Waals surface area (Å²) in [6.45, 7) is 9.53. The Morgan fingerprint density at radius 2 is 1.88 bits per heavy atom. The van der Waals surface area contributed by atoms with Crippen LogP contribution in [-0.2, 0) is 11.3 Å². The quantitative estimate of drug-likeness (QED) is 0.892. The SMILES string of the molecule is Cc1ccccc1CNC(=O)N1CCC(CCN2CCOCC2)CC1. The number of urea groups is 1. The van der Waals surface area contributed by atoms with Crippen molar-refractivity contribution in [1.82, 2.24) is 15.1 Å². The van der Waals surface area contributed by atoms with E-state index in [4.69, 9.17) is 4.74 Å². The van der Waals surface area contributed by atoms with E-state index in [-0.39, 0.29) is 6.03 Å². The molecule has 2 fully saturated rings. The van der Waals surface area contributed by atoms with Crippen LogP contribution in [0.25, 0.3) is 0 Å². The van der Waals surface area contributed by atoms with Crippen molar-refractivity contribution >= 4 is 6.03 Å². The summed E-state index contributed by atoms with van der Waals surface area (Å²) >= 11 is 0. The van der Waals surface area contributed by atoms with E-state index < -0.39 is 0 Å². The molecule has 2 amide bonds. The Hall–Kier alpha value is -1.59. The first-order chi connectivity index (χ1) is 12.2. The first kappa shape index (κ1) is 18.2. The number of morpholine rings is 1. The summed E-state index contributed by atoms with van der Waals surface area (Å²) in [4.78, 5) is 16.9. The summed E-state index contributed by atoms with van der Waals surface area (Å²) in [6.07, 6.45) is 3.50. The van der Waals surface area contributed by atoms with E-state index in [1.807, 2.05) is 17.0 Å². The molecule has 0 aliphatic carbocycles. The number of carbonyl (C=O) groups excluding carboxylic acids is 1. The number of benzene rings is 1. The molecule has 2 aliphatic heterocycles. The van der Waals surface area contributed by atoms with Gasteiger partial charge in [0.1, 0.15) is 0 Å². The van der Waals surface area contributed by atoms with Gasteiger partial charge in [-0.1, -0.05) is 24.3 Å². The van der Waals surface area contributed by atoms with Crippen molar-refractivity contribution in [3.63, 3.8) is 0 Å². The van der Waals surface area contributed by atoms with Gasteiger partial charge in [-0.05, 0) is 49.8 Å². The van der Waals surface area contributed by atoms with Crippen LogP contribution in [0.2, 0.25) is 0 Å². The number of hydrogen-bond acceptors (Lipinski definition) is 3. The topological polar surface area (TPSA) is 44.8 Å². The van der Waals surface area contributed by atoms with E-state index in [0.29, 0.717) is 6.54 Å². The standard InChI is InChI=1S/C20H31N3O2/c1-17-4-2-3-5-19(17)16-21-20(24)23-10-7-18(8-11-23)6-9-22-12-14-25-15-13-22/h2-5,18H,6-16H2,1H3,(H,21,24). The molecule has 2 saturated heterocycles. The van der Waals surface area contributed by atoms with Gasteiger partial charge in [0.25, 0.3) is 0 Å². The van der Waals surface area contributed by atoms with E-state index >= 15 is 0 Å². The van der Waals surface area contributed by atoms with E-state index in [9.17, 15) is 4.79 Å². The summed E-state index contributed by atoms with van der Waals surface area (Å²) in [5, 5.41) is 3.07. The molecule has 25 heavy (non-hydrogen) atoms. The monoisotopic (exact) mass is 345 g/mol. The lowest BCUT2D eigenvalue weighted by atomic mass is 9.93. The average Bonchev–Trinajstić information content (AvgIpc) is 2.67. The van der Waals surface area contributed by atoms with Crippen molar-refractivity contribution in [2.45, 2.75) is 32.7 Å². The Labute approximate surface area is 151 Å². The van der Waals surface area contributed by atoms with E-state index in [1.165, 1.54) is 24.1 Å². The Bertz CT molecular complexity index is 550. The zero-order chi connectivity index (χ0) is 17.5. The van der Waals surface area contributed by atoms with Gasteiger partial charge in [-0.2, -0.15) is 0 Å². The second-order valence-corrected chi connectivity index (χ2v) is 7.26. The third kappa shape index (κ3) is 5.44. The molecule has 0 atom stereocenters. The predicted octanol–water partition coefficient (Wildman–Crippen LogP) is 2.64. The highest BCUT2D eigenvalue weighted by Crippen LogP contribution is 2.21. The fraction of sp³-hybridized carbons (Fsp3) is 0.650. The number of nitrogens with zero attached hydrogens (tertiary/aromatic N) is 2. The van der Waals surface area contributed by atoms with Crippen LogP contribution in [-0.4, -0.2) is 61.8 Å². The van der Waals surface area contributed by atoms with Crippen LogP contribution < -0.4 is 5.32 Å². The lowest BCUT2D eigenvalue weighted by molar-refractivity contribution is 0.0339. The molecule has 2 aliphatic rings. The molecule has 1 aromatic carbocycles. The minimum absolute atomic E-state index is 0.0786. The molecule has 0 spiro atoms. The number of ether oxygens (including phenoxy) is 1. The van der Waals surface area contributed by atoms with Crippen LogP contribution in [0.5, 0.6) is 0 Å². The van der Waals surface area contributed by atoms with Gasteiger partial charge < -0.3 is 15.0 Å². The number of carbonyl (C=O) groups is 1. The normalized spacial score (nSPS) is 19.8. The predicted molar refractivity (Wildman–Crippen MR) is 99.6 cm³/mol. The fourth-order valence-corrected chi connectivity index (χ4v) is 3.71. The number of hydrogen-bond donors (Lipinski definition) is 1. The Kier molecular flexibility index (Phi) is 6.70. The number of nitrogens with one attached hydrogen (secondary N) is 1. The third-order valence-electron chi connectivity index (χ3n) is 5.55. The minimum atomic E-state index is 0.0786. The number of rotatable bonds is 5. The maximum atomic E-state index is 12.4. The molecule has 2 heterocycles. The van der Waals surface area contributed by atoms with Crippen molar-refractivity contribution in [2.75, 3.05) is 45.9 Å². The summed E-state index contributed by atoms with van der Waals surface area (Å²) < 4.78 is 5.40.